The van der Waals surface area contributed by atoms with Crippen LogP contribution in [0.15, 0.2) is 48.5 Å². The average molecular weight is 424 g/mol. The number of hydrogen-bond donors (Lipinski definition) is 0. The second-order valence-electron chi connectivity index (χ2n) is 8.34. The van der Waals surface area contributed by atoms with E-state index in [1.54, 1.807) is 0 Å². The molecule has 31 heavy (non-hydrogen) atoms. The van der Waals surface area contributed by atoms with Crippen LogP contribution in [0.4, 0.5) is 11.4 Å². The maximum Gasteiger partial charge on any atom is 0.152 e. The highest BCUT2D eigenvalue weighted by Gasteiger charge is 2.38. The molecule has 0 aromatic heterocycles. The van der Waals surface area contributed by atoms with E-state index in [2.05, 4.69) is 72.8 Å². The summed E-state index contributed by atoms with van der Waals surface area (Å²) in [6, 6.07) is 17.1. The lowest BCUT2D eigenvalue weighted by molar-refractivity contribution is -1.05. The molecular formula is C26H39N4O+. The summed E-state index contributed by atoms with van der Waals surface area (Å²) in [5.74, 6) is 0. The number of piperazine rings is 1. The highest BCUT2D eigenvalue weighted by atomic mass is 16.1. The van der Waals surface area contributed by atoms with E-state index in [0.717, 1.165) is 81.0 Å². The number of quaternary nitrogens is 1. The molecule has 0 bridgehead atoms. The third-order valence-electron chi connectivity index (χ3n) is 6.85. The highest BCUT2D eigenvalue weighted by molar-refractivity contribution is 5.84. The summed E-state index contributed by atoms with van der Waals surface area (Å²) in [4.78, 5) is 16.3. The predicted octanol–water partition coefficient (Wildman–Crippen LogP) is 4.44. The van der Waals surface area contributed by atoms with Gasteiger partial charge in [-0.3, -0.25) is 4.79 Å². The topological polar surface area (TPSA) is 26.8 Å². The Morgan fingerprint density at radius 2 is 1.48 bits per heavy atom. The quantitative estimate of drug-likeness (QED) is 0.417. The number of aldehydes is 1. The van der Waals surface area contributed by atoms with Crippen LogP contribution in [0.5, 0.6) is 0 Å². The maximum atomic E-state index is 11.5. The van der Waals surface area contributed by atoms with Crippen LogP contribution in [0.2, 0.25) is 0 Å². The van der Waals surface area contributed by atoms with E-state index in [-0.39, 0.29) is 0 Å². The van der Waals surface area contributed by atoms with Gasteiger partial charge in [0.1, 0.15) is 19.6 Å². The Morgan fingerprint density at radius 3 is 2.03 bits per heavy atom. The van der Waals surface area contributed by atoms with Gasteiger partial charge in [0.2, 0.25) is 0 Å². The molecule has 1 saturated heterocycles. The molecule has 1 heterocycles. The Bertz CT molecular complexity index is 820. The predicted molar refractivity (Wildman–Crippen MR) is 131 cm³/mol. The van der Waals surface area contributed by atoms with Crippen molar-refractivity contribution < 1.29 is 9.39 Å². The van der Waals surface area contributed by atoms with Gasteiger partial charge in [0.15, 0.2) is 6.29 Å². The van der Waals surface area contributed by atoms with Gasteiger partial charge in [-0.25, -0.2) is 4.59 Å². The van der Waals surface area contributed by atoms with E-state index in [1.165, 1.54) is 11.3 Å². The Balaban J connectivity index is 1.79. The van der Waals surface area contributed by atoms with Gasteiger partial charge in [0.25, 0.3) is 0 Å². The summed E-state index contributed by atoms with van der Waals surface area (Å²) >= 11 is 0. The smallest absolute Gasteiger partial charge is 0.152 e. The third-order valence-corrected chi connectivity index (χ3v) is 6.85. The first-order valence-corrected chi connectivity index (χ1v) is 11.8. The van der Waals surface area contributed by atoms with E-state index in [9.17, 15) is 4.79 Å². The van der Waals surface area contributed by atoms with Crippen LogP contribution in [-0.4, -0.2) is 68.2 Å². The Morgan fingerprint density at radius 1 is 0.871 bits per heavy atom. The van der Waals surface area contributed by atoms with Gasteiger partial charge in [-0.2, -0.15) is 5.01 Å². The molecule has 5 heteroatoms. The zero-order valence-electron chi connectivity index (χ0n) is 19.8. The second-order valence-corrected chi connectivity index (χ2v) is 8.34. The van der Waals surface area contributed by atoms with Crippen molar-refractivity contribution in [2.24, 2.45) is 0 Å². The van der Waals surface area contributed by atoms with Crippen LogP contribution in [0.3, 0.4) is 0 Å². The first kappa shape index (κ1) is 23.3. The third kappa shape index (κ3) is 5.10. The van der Waals surface area contributed by atoms with Gasteiger partial charge < -0.3 is 9.80 Å². The number of carbonyl (C=O) groups excluding carboxylic acids is 1. The minimum Gasteiger partial charge on any atom is -0.372 e. The van der Waals surface area contributed by atoms with Crippen LogP contribution >= 0.6 is 0 Å². The summed E-state index contributed by atoms with van der Waals surface area (Å²) in [5, 5.41) is 2.60. The van der Waals surface area contributed by atoms with Crippen LogP contribution in [0, 0.1) is 0 Å². The standard InChI is InChI=1S/C26H39N4O/c1-5-27(6-2)25-15-13-23(14-16-25)21-30(29(7-3)8-4)19-17-28(18-20-30)26-12-10-9-11-24(26)22-31/h9-16,22H,5-8,17-21H2,1-4H3/q+1. The SMILES string of the molecule is CCN(CC)c1ccc(C[N+]2(N(CC)CC)CCN(c3ccccc3C=O)CC2)cc1. The van der Waals surface area contributed by atoms with E-state index in [1.807, 2.05) is 18.2 Å². The minimum absolute atomic E-state index is 0.789. The normalized spacial score (nSPS) is 15.8. The van der Waals surface area contributed by atoms with Crippen molar-refractivity contribution in [1.29, 1.82) is 0 Å². The van der Waals surface area contributed by atoms with Gasteiger partial charge in [-0.05, 0) is 52.0 Å². The monoisotopic (exact) mass is 423 g/mol. The van der Waals surface area contributed by atoms with E-state index in [4.69, 9.17) is 0 Å². The van der Waals surface area contributed by atoms with Gasteiger partial charge in [0, 0.05) is 48.7 Å². The molecule has 2 aromatic carbocycles. The first-order chi connectivity index (χ1) is 15.1. The molecular weight excluding hydrogens is 384 g/mol. The zero-order valence-corrected chi connectivity index (χ0v) is 19.8. The molecule has 0 unspecified atom stereocenters. The number of nitrogens with zero attached hydrogens (tertiary/aromatic N) is 4. The van der Waals surface area contributed by atoms with E-state index in [0.29, 0.717) is 0 Å². The summed E-state index contributed by atoms with van der Waals surface area (Å²) in [6.07, 6.45) is 0.980. The summed E-state index contributed by atoms with van der Waals surface area (Å²) in [7, 11) is 0. The van der Waals surface area contributed by atoms with Crippen LogP contribution in [0.25, 0.3) is 0 Å². The first-order valence-electron chi connectivity index (χ1n) is 11.8. The number of anilines is 2. The molecule has 168 valence electrons. The average Bonchev–Trinajstić information content (AvgIpc) is 2.82. The minimum atomic E-state index is 0.789. The van der Waals surface area contributed by atoms with Gasteiger partial charge >= 0.3 is 0 Å². The van der Waals surface area contributed by atoms with Crippen molar-refractivity contribution in [2.75, 3.05) is 62.2 Å². The highest BCUT2D eigenvalue weighted by Crippen LogP contribution is 2.27. The van der Waals surface area contributed by atoms with Crippen LogP contribution < -0.4 is 9.80 Å². The summed E-state index contributed by atoms with van der Waals surface area (Å²) in [5.41, 5.74) is 4.55. The van der Waals surface area contributed by atoms with Crippen molar-refractivity contribution >= 4 is 17.7 Å². The molecule has 2 aromatic rings. The lowest BCUT2D eigenvalue weighted by Crippen LogP contribution is -2.67. The molecule has 0 N–H and O–H groups in total. The van der Waals surface area contributed by atoms with Gasteiger partial charge in [0.05, 0.1) is 13.1 Å². The molecule has 0 amide bonds. The molecule has 1 aliphatic rings. The summed E-state index contributed by atoms with van der Waals surface area (Å²) < 4.78 is 0.984. The molecule has 0 atom stereocenters. The van der Waals surface area contributed by atoms with Crippen molar-refractivity contribution in [2.45, 2.75) is 34.2 Å². The van der Waals surface area contributed by atoms with Crippen LogP contribution in [-0.2, 0) is 6.54 Å². The summed E-state index contributed by atoms with van der Waals surface area (Å²) in [6.45, 7) is 18.1. The molecule has 0 spiro atoms. The number of carbonyl (C=O) groups is 1. The van der Waals surface area contributed by atoms with Crippen molar-refractivity contribution in [3.63, 3.8) is 0 Å². The zero-order chi connectivity index (χ0) is 22.3. The Labute approximate surface area is 188 Å². The molecule has 1 fully saturated rings. The Kier molecular flexibility index (Phi) is 8.10. The molecule has 0 radical (unpaired) electrons. The van der Waals surface area contributed by atoms with Crippen molar-refractivity contribution in [3.8, 4) is 0 Å². The van der Waals surface area contributed by atoms with Crippen molar-refractivity contribution in [1.82, 2.24) is 5.01 Å². The van der Waals surface area contributed by atoms with Crippen LogP contribution in [0.1, 0.15) is 43.6 Å². The molecule has 5 nitrogen and oxygen atoms in total. The lowest BCUT2D eigenvalue weighted by atomic mass is 10.1. The second kappa shape index (κ2) is 10.8. The van der Waals surface area contributed by atoms with Gasteiger partial charge in [-0.15, -0.1) is 0 Å². The van der Waals surface area contributed by atoms with Gasteiger partial charge in [-0.1, -0.05) is 24.3 Å². The fourth-order valence-corrected chi connectivity index (χ4v) is 5.06. The number of hydrogen-bond acceptors (Lipinski definition) is 4. The fourth-order valence-electron chi connectivity index (χ4n) is 5.06. The lowest BCUT2D eigenvalue weighted by Gasteiger charge is -2.50. The molecule has 0 saturated carbocycles. The van der Waals surface area contributed by atoms with Crippen molar-refractivity contribution in [3.05, 3.63) is 59.7 Å². The molecule has 3 rings (SSSR count). The number of para-hydroxylation sites is 1. The number of rotatable bonds is 10. The van der Waals surface area contributed by atoms with E-state index < -0.39 is 0 Å². The molecule has 1 aliphatic heterocycles. The van der Waals surface area contributed by atoms with E-state index >= 15 is 0 Å². The molecule has 0 aliphatic carbocycles. The fraction of sp³-hybridized carbons (Fsp3) is 0.500. The number of benzene rings is 2. The Hall–Kier alpha value is -2.37. The maximum absolute atomic E-state index is 11.5. The largest absolute Gasteiger partial charge is 0.372 e.